The zero-order valence-electron chi connectivity index (χ0n) is 14.5. The van der Waals surface area contributed by atoms with Crippen molar-refractivity contribution in [2.75, 3.05) is 16.8 Å². The summed E-state index contributed by atoms with van der Waals surface area (Å²) in [5.41, 5.74) is 3.04. The predicted octanol–water partition coefficient (Wildman–Crippen LogP) is 3.50. The highest BCUT2D eigenvalue weighted by Crippen LogP contribution is 2.17. The lowest BCUT2D eigenvalue weighted by Gasteiger charge is -2.21. The second-order valence-electron chi connectivity index (χ2n) is 5.68. The Morgan fingerprint density at radius 2 is 1.88 bits per heavy atom. The molecule has 2 rings (SSSR count). The van der Waals surface area contributed by atoms with Crippen LogP contribution in [0, 0.1) is 11.3 Å². The Morgan fingerprint density at radius 3 is 2.48 bits per heavy atom. The molecule has 0 aliphatic heterocycles. The van der Waals surface area contributed by atoms with Gasteiger partial charge in [-0.1, -0.05) is 25.1 Å². The summed E-state index contributed by atoms with van der Waals surface area (Å²) in [4.78, 5) is 25.6. The molecule has 0 saturated heterocycles. The molecule has 0 saturated carbocycles. The van der Waals surface area contributed by atoms with Crippen LogP contribution in [0.25, 0.3) is 0 Å². The zero-order chi connectivity index (χ0) is 18.2. The first-order chi connectivity index (χ1) is 12.0. The van der Waals surface area contributed by atoms with Crippen LogP contribution in [0.5, 0.6) is 0 Å². The van der Waals surface area contributed by atoms with Crippen LogP contribution in [0.4, 0.5) is 11.4 Å². The molecule has 0 unspecified atom stereocenters. The van der Waals surface area contributed by atoms with Gasteiger partial charge in [-0.15, -0.1) is 0 Å². The average Bonchev–Trinajstić information content (AvgIpc) is 2.62. The van der Waals surface area contributed by atoms with Crippen LogP contribution in [0.3, 0.4) is 0 Å². The maximum Gasteiger partial charge on any atom is 0.226 e. The Bertz CT molecular complexity index is 791. The summed E-state index contributed by atoms with van der Waals surface area (Å²) < 4.78 is 0. The molecule has 0 aromatic heterocycles. The van der Waals surface area contributed by atoms with Gasteiger partial charge in [-0.2, -0.15) is 5.26 Å². The van der Waals surface area contributed by atoms with Gasteiger partial charge in [0.2, 0.25) is 11.8 Å². The molecule has 1 N–H and O–H groups in total. The number of amides is 2. The van der Waals surface area contributed by atoms with Gasteiger partial charge in [0.25, 0.3) is 0 Å². The van der Waals surface area contributed by atoms with Crippen LogP contribution in [0.2, 0.25) is 0 Å². The molecule has 0 radical (unpaired) electrons. The maximum absolute atomic E-state index is 12.1. The number of hydrogen-bond donors (Lipinski definition) is 1. The fourth-order valence-corrected chi connectivity index (χ4v) is 2.48. The third-order valence-corrected chi connectivity index (χ3v) is 3.87. The first-order valence-corrected chi connectivity index (χ1v) is 8.20. The molecule has 2 amide bonds. The van der Waals surface area contributed by atoms with Gasteiger partial charge in [0, 0.05) is 31.3 Å². The molecular weight excluding hydrogens is 314 g/mol. The molecule has 0 atom stereocenters. The van der Waals surface area contributed by atoms with E-state index in [2.05, 4.69) is 12.2 Å². The summed E-state index contributed by atoms with van der Waals surface area (Å²) in [6.07, 6.45) is 1.11. The van der Waals surface area contributed by atoms with Crippen molar-refractivity contribution in [2.24, 2.45) is 0 Å². The molecule has 0 spiro atoms. The van der Waals surface area contributed by atoms with Crippen molar-refractivity contribution in [1.82, 2.24) is 0 Å². The van der Waals surface area contributed by atoms with Gasteiger partial charge in [-0.05, 0) is 42.3 Å². The standard InChI is InChI=1S/C20H21N3O2/c1-3-16-7-9-19(10-8-16)23(15(2)24)12-11-20(25)22-18-6-4-5-17(13-18)14-21/h4-10,13H,3,11-12H2,1-2H3,(H,22,25). The Balaban J connectivity index is 1.99. The lowest BCUT2D eigenvalue weighted by atomic mass is 10.1. The number of benzene rings is 2. The Labute approximate surface area is 147 Å². The number of carbonyl (C=O) groups is 2. The molecule has 25 heavy (non-hydrogen) atoms. The lowest BCUT2D eigenvalue weighted by molar-refractivity contribution is -0.117. The number of nitrogens with zero attached hydrogens (tertiary/aromatic N) is 2. The number of anilines is 2. The van der Waals surface area contributed by atoms with E-state index in [1.165, 1.54) is 12.5 Å². The minimum absolute atomic E-state index is 0.108. The van der Waals surface area contributed by atoms with Crippen molar-refractivity contribution >= 4 is 23.2 Å². The van der Waals surface area contributed by atoms with E-state index < -0.39 is 0 Å². The van der Waals surface area contributed by atoms with Crippen LogP contribution >= 0.6 is 0 Å². The van der Waals surface area contributed by atoms with Gasteiger partial charge in [-0.3, -0.25) is 9.59 Å². The van der Waals surface area contributed by atoms with E-state index in [4.69, 9.17) is 5.26 Å². The Kier molecular flexibility index (Phi) is 6.30. The number of rotatable bonds is 6. The minimum atomic E-state index is -0.202. The van der Waals surface area contributed by atoms with Gasteiger partial charge in [0.15, 0.2) is 0 Å². The Hall–Kier alpha value is -3.13. The van der Waals surface area contributed by atoms with Crippen LogP contribution < -0.4 is 10.2 Å². The van der Waals surface area contributed by atoms with Gasteiger partial charge in [0.05, 0.1) is 11.6 Å². The molecular formula is C20H21N3O2. The molecule has 5 heteroatoms. The second kappa shape index (κ2) is 8.65. The molecule has 0 aliphatic carbocycles. The molecule has 0 aliphatic rings. The largest absolute Gasteiger partial charge is 0.326 e. The van der Waals surface area contributed by atoms with Crippen LogP contribution in [-0.2, 0) is 16.0 Å². The third-order valence-electron chi connectivity index (χ3n) is 3.87. The molecule has 2 aromatic rings. The van der Waals surface area contributed by atoms with Gasteiger partial charge in [-0.25, -0.2) is 0 Å². The van der Waals surface area contributed by atoms with Crippen LogP contribution in [0.15, 0.2) is 48.5 Å². The lowest BCUT2D eigenvalue weighted by Crippen LogP contribution is -2.31. The molecule has 5 nitrogen and oxygen atoms in total. The van der Waals surface area contributed by atoms with Crippen molar-refractivity contribution in [3.8, 4) is 6.07 Å². The van der Waals surface area contributed by atoms with Gasteiger partial charge in [0.1, 0.15) is 0 Å². The average molecular weight is 335 g/mol. The Morgan fingerprint density at radius 1 is 1.16 bits per heavy atom. The minimum Gasteiger partial charge on any atom is -0.326 e. The quantitative estimate of drug-likeness (QED) is 0.878. The van der Waals surface area contributed by atoms with E-state index in [0.29, 0.717) is 17.8 Å². The van der Waals surface area contributed by atoms with E-state index in [-0.39, 0.29) is 18.2 Å². The van der Waals surface area contributed by atoms with E-state index in [0.717, 1.165) is 12.1 Å². The van der Waals surface area contributed by atoms with E-state index in [1.807, 2.05) is 30.3 Å². The summed E-state index contributed by atoms with van der Waals surface area (Å²) in [7, 11) is 0. The first kappa shape index (κ1) is 18.2. The SMILES string of the molecule is CCc1ccc(N(CCC(=O)Nc2cccc(C#N)c2)C(C)=O)cc1. The zero-order valence-corrected chi connectivity index (χ0v) is 14.5. The van der Waals surface area contributed by atoms with Crippen molar-refractivity contribution in [3.05, 3.63) is 59.7 Å². The van der Waals surface area contributed by atoms with Crippen molar-refractivity contribution in [1.29, 1.82) is 5.26 Å². The molecule has 0 fully saturated rings. The van der Waals surface area contributed by atoms with Gasteiger partial charge >= 0.3 is 0 Å². The number of nitrogens with one attached hydrogen (secondary N) is 1. The monoisotopic (exact) mass is 335 g/mol. The summed E-state index contributed by atoms with van der Waals surface area (Å²) in [5, 5.41) is 11.6. The normalized spacial score (nSPS) is 9.96. The third kappa shape index (κ3) is 5.18. The highest BCUT2D eigenvalue weighted by molar-refractivity contribution is 5.94. The summed E-state index contributed by atoms with van der Waals surface area (Å²) in [5.74, 6) is -0.310. The fraction of sp³-hybridized carbons (Fsp3) is 0.250. The topological polar surface area (TPSA) is 73.2 Å². The molecule has 128 valence electrons. The van der Waals surface area contributed by atoms with E-state index >= 15 is 0 Å². The molecule has 2 aromatic carbocycles. The number of carbonyl (C=O) groups excluding carboxylic acids is 2. The van der Waals surface area contributed by atoms with Crippen molar-refractivity contribution in [3.63, 3.8) is 0 Å². The maximum atomic E-state index is 12.1. The van der Waals surface area contributed by atoms with Crippen molar-refractivity contribution < 1.29 is 9.59 Å². The number of nitriles is 1. The van der Waals surface area contributed by atoms with Crippen LogP contribution in [0.1, 0.15) is 31.4 Å². The predicted molar refractivity (Wildman–Crippen MR) is 98.3 cm³/mol. The number of hydrogen-bond acceptors (Lipinski definition) is 3. The van der Waals surface area contributed by atoms with Crippen LogP contribution in [-0.4, -0.2) is 18.4 Å². The highest BCUT2D eigenvalue weighted by Gasteiger charge is 2.13. The van der Waals surface area contributed by atoms with E-state index in [1.54, 1.807) is 29.2 Å². The first-order valence-electron chi connectivity index (χ1n) is 8.20. The van der Waals surface area contributed by atoms with Crippen molar-refractivity contribution in [2.45, 2.75) is 26.7 Å². The fourth-order valence-electron chi connectivity index (χ4n) is 2.48. The smallest absolute Gasteiger partial charge is 0.226 e. The number of aryl methyl sites for hydroxylation is 1. The molecule has 0 bridgehead atoms. The summed E-state index contributed by atoms with van der Waals surface area (Å²) >= 11 is 0. The van der Waals surface area contributed by atoms with E-state index in [9.17, 15) is 9.59 Å². The summed E-state index contributed by atoms with van der Waals surface area (Å²) in [6.45, 7) is 3.86. The summed E-state index contributed by atoms with van der Waals surface area (Å²) in [6, 6.07) is 16.5. The second-order valence-corrected chi connectivity index (χ2v) is 5.68. The highest BCUT2D eigenvalue weighted by atomic mass is 16.2. The van der Waals surface area contributed by atoms with Gasteiger partial charge < -0.3 is 10.2 Å². The molecule has 0 heterocycles.